The van der Waals surface area contributed by atoms with Gasteiger partial charge in [0.05, 0.1) is 23.2 Å². The number of carbonyl (C=O) groups excluding carboxylic acids is 1. The van der Waals surface area contributed by atoms with Gasteiger partial charge in [-0.2, -0.15) is 0 Å². The molecule has 0 radical (unpaired) electrons. The van der Waals surface area contributed by atoms with Crippen molar-refractivity contribution >= 4 is 29.3 Å². The fourth-order valence-corrected chi connectivity index (χ4v) is 2.81. The largest absolute Gasteiger partial charge is 0.418 e. The molecular formula is C18H26Cl2N2O3. The molecule has 0 spiro atoms. The monoisotopic (exact) mass is 388 g/mol. The molecule has 1 saturated heterocycles. The zero-order valence-corrected chi connectivity index (χ0v) is 16.9. The predicted octanol–water partition coefficient (Wildman–Crippen LogP) is 4.58. The summed E-state index contributed by atoms with van der Waals surface area (Å²) in [6.45, 7) is 9.71. The second-order valence-corrected chi connectivity index (χ2v) is 8.07. The number of benzene rings is 1. The van der Waals surface area contributed by atoms with Crippen LogP contribution in [0.25, 0.3) is 0 Å². The van der Waals surface area contributed by atoms with Crippen LogP contribution in [0.3, 0.4) is 0 Å². The van der Waals surface area contributed by atoms with Crippen LogP contribution in [0.1, 0.15) is 39.3 Å². The molecule has 2 rings (SSSR count). The Morgan fingerprint density at radius 1 is 1.36 bits per heavy atom. The molecule has 7 heteroatoms. The maximum Gasteiger partial charge on any atom is 0.412 e. The van der Waals surface area contributed by atoms with Crippen LogP contribution in [0.4, 0.5) is 4.79 Å². The predicted molar refractivity (Wildman–Crippen MR) is 100 cm³/mol. The third-order valence-electron chi connectivity index (χ3n) is 4.55. The lowest BCUT2D eigenvalue weighted by Gasteiger charge is -2.38. The normalized spacial score (nSPS) is 20.2. The highest BCUT2D eigenvalue weighted by atomic mass is 35.5. The van der Waals surface area contributed by atoms with Crippen molar-refractivity contribution in [3.63, 3.8) is 0 Å². The summed E-state index contributed by atoms with van der Waals surface area (Å²) in [4.78, 5) is 16.0. The second kappa shape index (κ2) is 8.12. The molecule has 1 fully saturated rings. The minimum atomic E-state index is -0.587. The van der Waals surface area contributed by atoms with Gasteiger partial charge in [-0.1, -0.05) is 29.3 Å². The summed E-state index contributed by atoms with van der Waals surface area (Å²) in [7, 11) is 1.72. The zero-order valence-electron chi connectivity index (χ0n) is 15.4. The van der Waals surface area contributed by atoms with Gasteiger partial charge < -0.3 is 14.4 Å². The zero-order chi connectivity index (χ0) is 18.8. The van der Waals surface area contributed by atoms with Crippen LogP contribution in [0.2, 0.25) is 10.0 Å². The molecule has 1 heterocycles. The first-order valence-corrected chi connectivity index (χ1v) is 9.10. The lowest BCUT2D eigenvalue weighted by Crippen LogP contribution is -2.49. The Bertz CT molecular complexity index is 619. The van der Waals surface area contributed by atoms with E-state index < -0.39 is 6.29 Å². The lowest BCUT2D eigenvalue weighted by atomic mass is 10.1. The van der Waals surface area contributed by atoms with Gasteiger partial charge in [0.1, 0.15) is 0 Å². The Hall–Kier alpha value is -1.01. The smallest absolute Gasteiger partial charge is 0.412 e. The molecule has 1 aliphatic rings. The number of amides is 1. The molecule has 5 nitrogen and oxygen atoms in total. The van der Waals surface area contributed by atoms with E-state index in [9.17, 15) is 4.79 Å². The van der Waals surface area contributed by atoms with Gasteiger partial charge in [0, 0.05) is 25.2 Å². The Morgan fingerprint density at radius 2 is 2.04 bits per heavy atom. The Labute approximate surface area is 159 Å². The number of rotatable bonds is 3. The highest BCUT2D eigenvalue weighted by Gasteiger charge is 2.31. The molecule has 0 N–H and O–H groups in total. The summed E-state index contributed by atoms with van der Waals surface area (Å²) in [5, 5.41) is 1.07. The van der Waals surface area contributed by atoms with Crippen molar-refractivity contribution in [2.75, 3.05) is 26.7 Å². The van der Waals surface area contributed by atoms with Crippen molar-refractivity contribution in [1.82, 2.24) is 9.80 Å². The van der Waals surface area contributed by atoms with Crippen molar-refractivity contribution in [2.45, 2.75) is 45.6 Å². The lowest BCUT2D eigenvalue weighted by molar-refractivity contribution is -0.160. The van der Waals surface area contributed by atoms with Gasteiger partial charge in [0.15, 0.2) is 0 Å². The molecule has 0 saturated carbocycles. The molecular weight excluding hydrogens is 363 g/mol. The Balaban J connectivity index is 2.00. The van der Waals surface area contributed by atoms with Gasteiger partial charge in [0.25, 0.3) is 0 Å². The van der Waals surface area contributed by atoms with Crippen LogP contribution in [0, 0.1) is 0 Å². The summed E-state index contributed by atoms with van der Waals surface area (Å²) in [6, 6.07) is 5.74. The van der Waals surface area contributed by atoms with E-state index in [1.165, 1.54) is 0 Å². The molecule has 1 unspecified atom stereocenters. The van der Waals surface area contributed by atoms with Crippen molar-refractivity contribution < 1.29 is 14.3 Å². The Morgan fingerprint density at radius 3 is 2.64 bits per heavy atom. The SMILES string of the molecule is CC(c1ccc(Cl)c(Cl)c1)N1CCO[C@@H](OC(=O)N(C)C(C)(C)C)C1. The number of hydrogen-bond acceptors (Lipinski definition) is 4. The number of morpholine rings is 1. The van der Waals surface area contributed by atoms with Crippen molar-refractivity contribution in [3.05, 3.63) is 33.8 Å². The molecule has 1 aromatic carbocycles. The molecule has 1 aromatic rings. The highest BCUT2D eigenvalue weighted by molar-refractivity contribution is 6.42. The molecule has 140 valence electrons. The maximum absolute atomic E-state index is 12.3. The standard InChI is InChI=1S/C18H26Cl2N2O3/c1-12(13-6-7-14(19)15(20)10-13)22-8-9-24-16(11-22)25-17(23)21(5)18(2,3)4/h6-7,10,12,16H,8-9,11H2,1-5H3/t12?,16-/m0/s1. The average molecular weight is 389 g/mol. The van der Waals surface area contributed by atoms with Gasteiger partial charge in [-0.25, -0.2) is 4.79 Å². The number of halogens is 2. The van der Waals surface area contributed by atoms with Gasteiger partial charge in [0.2, 0.25) is 6.29 Å². The van der Waals surface area contributed by atoms with Crippen molar-refractivity contribution in [2.24, 2.45) is 0 Å². The first kappa shape index (κ1) is 20.3. The molecule has 0 bridgehead atoms. The Kier molecular flexibility index (Phi) is 6.60. The minimum Gasteiger partial charge on any atom is -0.418 e. The quantitative estimate of drug-likeness (QED) is 0.759. The van der Waals surface area contributed by atoms with Crippen LogP contribution < -0.4 is 0 Å². The van der Waals surface area contributed by atoms with Crippen LogP contribution in [0.5, 0.6) is 0 Å². The van der Waals surface area contributed by atoms with Gasteiger partial charge in [-0.3, -0.25) is 4.90 Å². The van der Waals surface area contributed by atoms with E-state index in [1.54, 1.807) is 18.0 Å². The first-order chi connectivity index (χ1) is 11.6. The minimum absolute atomic E-state index is 0.111. The summed E-state index contributed by atoms with van der Waals surface area (Å²) in [6.07, 6.45) is -0.974. The van der Waals surface area contributed by atoms with E-state index in [0.29, 0.717) is 23.2 Å². The number of hydrogen-bond donors (Lipinski definition) is 0. The van der Waals surface area contributed by atoms with E-state index in [4.69, 9.17) is 32.7 Å². The van der Waals surface area contributed by atoms with Crippen LogP contribution in [-0.4, -0.2) is 54.5 Å². The first-order valence-electron chi connectivity index (χ1n) is 8.34. The van der Waals surface area contributed by atoms with E-state index in [-0.39, 0.29) is 17.7 Å². The van der Waals surface area contributed by atoms with E-state index in [0.717, 1.165) is 12.1 Å². The van der Waals surface area contributed by atoms with E-state index in [1.807, 2.05) is 32.9 Å². The van der Waals surface area contributed by atoms with Crippen molar-refractivity contribution in [3.8, 4) is 0 Å². The molecule has 25 heavy (non-hydrogen) atoms. The number of nitrogens with zero attached hydrogens (tertiary/aromatic N) is 2. The molecule has 1 amide bonds. The van der Waals surface area contributed by atoms with Gasteiger partial charge in [-0.15, -0.1) is 0 Å². The molecule has 0 aromatic heterocycles. The fraction of sp³-hybridized carbons (Fsp3) is 0.611. The van der Waals surface area contributed by atoms with E-state index in [2.05, 4.69) is 11.8 Å². The number of carbonyl (C=O) groups is 1. The molecule has 0 aliphatic carbocycles. The maximum atomic E-state index is 12.3. The van der Waals surface area contributed by atoms with Crippen LogP contribution in [0.15, 0.2) is 18.2 Å². The topological polar surface area (TPSA) is 42.0 Å². The third kappa shape index (κ3) is 5.23. The summed E-state index contributed by atoms with van der Waals surface area (Å²) < 4.78 is 11.1. The summed E-state index contributed by atoms with van der Waals surface area (Å²) >= 11 is 12.1. The summed E-state index contributed by atoms with van der Waals surface area (Å²) in [5.74, 6) is 0. The van der Waals surface area contributed by atoms with Gasteiger partial charge >= 0.3 is 6.09 Å². The van der Waals surface area contributed by atoms with E-state index >= 15 is 0 Å². The fourth-order valence-electron chi connectivity index (χ4n) is 2.51. The van der Waals surface area contributed by atoms with Gasteiger partial charge in [-0.05, 0) is 45.4 Å². The van der Waals surface area contributed by atoms with Crippen LogP contribution >= 0.6 is 23.2 Å². The third-order valence-corrected chi connectivity index (χ3v) is 5.29. The van der Waals surface area contributed by atoms with Crippen LogP contribution in [-0.2, 0) is 9.47 Å². The highest BCUT2D eigenvalue weighted by Crippen LogP contribution is 2.29. The molecule has 1 aliphatic heterocycles. The second-order valence-electron chi connectivity index (χ2n) is 7.26. The average Bonchev–Trinajstić information content (AvgIpc) is 2.55. The van der Waals surface area contributed by atoms with Crippen molar-refractivity contribution in [1.29, 1.82) is 0 Å². The molecule has 2 atom stereocenters. The number of ether oxygens (including phenoxy) is 2. The summed E-state index contributed by atoms with van der Waals surface area (Å²) in [5.41, 5.74) is 0.756.